The van der Waals surface area contributed by atoms with Gasteiger partial charge in [-0.1, -0.05) is 19.1 Å². The van der Waals surface area contributed by atoms with Gasteiger partial charge in [0.25, 0.3) is 5.56 Å². The van der Waals surface area contributed by atoms with Crippen molar-refractivity contribution < 1.29 is 14.6 Å². The Bertz CT molecular complexity index is 1510. The number of hydrogen-bond acceptors (Lipinski definition) is 7. The average Bonchev–Trinajstić information content (AvgIpc) is 3.16. The smallest absolute Gasteiger partial charge is 0.262 e. The van der Waals surface area contributed by atoms with Crippen LogP contribution in [0.5, 0.6) is 11.5 Å². The van der Waals surface area contributed by atoms with Crippen molar-refractivity contribution >= 4 is 28.9 Å². The molecule has 1 unspecified atom stereocenters. The number of aromatic nitrogens is 4. The van der Waals surface area contributed by atoms with E-state index in [9.17, 15) is 9.90 Å². The van der Waals surface area contributed by atoms with Crippen molar-refractivity contribution in [1.82, 2.24) is 23.6 Å². The number of fused-ring (bicyclic) bond motifs is 4. The second kappa shape index (κ2) is 8.86. The normalized spacial score (nSPS) is 16.2. The number of aliphatic hydroxyl groups is 1. The molecule has 2 aromatic carbocycles. The molecule has 1 atom stereocenters. The van der Waals surface area contributed by atoms with E-state index in [4.69, 9.17) is 26.8 Å². The SMILES string of the molecule is CCCn1c(=O)c2ccccc2n2c(=S)n(CN3Cc4c(OC)ccc(OC)c4C(O)C3)nc12. The van der Waals surface area contributed by atoms with E-state index in [1.807, 2.05) is 47.7 Å². The monoisotopic (exact) mass is 481 g/mol. The number of benzene rings is 2. The van der Waals surface area contributed by atoms with Gasteiger partial charge >= 0.3 is 0 Å². The zero-order chi connectivity index (χ0) is 24.0. The van der Waals surface area contributed by atoms with Crippen molar-refractivity contribution in [2.24, 2.45) is 0 Å². The third kappa shape index (κ3) is 3.49. The Morgan fingerprint density at radius 2 is 1.88 bits per heavy atom. The first-order valence-electron chi connectivity index (χ1n) is 11.2. The Kier molecular flexibility index (Phi) is 5.88. The lowest BCUT2D eigenvalue weighted by molar-refractivity contribution is 0.0671. The number of nitrogens with zero attached hydrogens (tertiary/aromatic N) is 5. The molecule has 0 bridgehead atoms. The van der Waals surface area contributed by atoms with E-state index in [1.165, 1.54) is 0 Å². The fraction of sp³-hybridized carbons (Fsp3) is 0.375. The van der Waals surface area contributed by atoms with Gasteiger partial charge in [0.1, 0.15) is 11.5 Å². The van der Waals surface area contributed by atoms with Crippen LogP contribution in [0.2, 0.25) is 0 Å². The third-order valence-electron chi connectivity index (χ3n) is 6.33. The molecule has 0 fully saturated rings. The number of aliphatic hydroxyl groups excluding tert-OH is 1. The molecule has 0 aliphatic carbocycles. The largest absolute Gasteiger partial charge is 0.496 e. The van der Waals surface area contributed by atoms with Crippen molar-refractivity contribution in [1.29, 1.82) is 0 Å². The summed E-state index contributed by atoms with van der Waals surface area (Å²) < 4.78 is 16.8. The van der Waals surface area contributed by atoms with Crippen LogP contribution >= 0.6 is 12.2 Å². The summed E-state index contributed by atoms with van der Waals surface area (Å²) in [6.45, 7) is 3.84. The van der Waals surface area contributed by atoms with Crippen LogP contribution in [0.15, 0.2) is 41.2 Å². The van der Waals surface area contributed by atoms with Crippen molar-refractivity contribution in [3.8, 4) is 11.5 Å². The van der Waals surface area contributed by atoms with Gasteiger partial charge in [-0.15, -0.1) is 5.10 Å². The van der Waals surface area contributed by atoms with E-state index in [2.05, 4.69) is 4.90 Å². The minimum atomic E-state index is -0.751. The lowest BCUT2D eigenvalue weighted by atomic mass is 9.95. The molecule has 0 spiro atoms. The number of methoxy groups -OCH3 is 2. The summed E-state index contributed by atoms with van der Waals surface area (Å²) in [5.41, 5.74) is 2.29. The summed E-state index contributed by atoms with van der Waals surface area (Å²) in [5.74, 6) is 1.86. The van der Waals surface area contributed by atoms with Crippen LogP contribution in [0.3, 0.4) is 0 Å². The van der Waals surface area contributed by atoms with E-state index in [-0.39, 0.29) is 5.56 Å². The molecule has 1 aliphatic heterocycles. The van der Waals surface area contributed by atoms with Crippen LogP contribution in [0.25, 0.3) is 16.7 Å². The zero-order valence-electron chi connectivity index (χ0n) is 19.4. The summed E-state index contributed by atoms with van der Waals surface area (Å²) in [5, 5.41) is 16.3. The molecule has 0 saturated heterocycles. The Hall–Kier alpha value is -3.21. The highest BCUT2D eigenvalue weighted by molar-refractivity contribution is 7.71. The molecule has 0 radical (unpaired) electrons. The highest BCUT2D eigenvalue weighted by atomic mass is 32.1. The molecule has 178 valence electrons. The van der Waals surface area contributed by atoms with Crippen LogP contribution in [0.4, 0.5) is 0 Å². The van der Waals surface area contributed by atoms with Gasteiger partial charge in [0, 0.05) is 30.8 Å². The lowest BCUT2D eigenvalue weighted by Crippen LogP contribution is -2.36. The Morgan fingerprint density at radius 3 is 2.62 bits per heavy atom. The van der Waals surface area contributed by atoms with Crippen LogP contribution in [0, 0.1) is 4.77 Å². The molecule has 2 aromatic heterocycles. The summed E-state index contributed by atoms with van der Waals surface area (Å²) in [7, 11) is 3.21. The molecule has 1 aliphatic rings. The van der Waals surface area contributed by atoms with Crippen molar-refractivity contribution in [2.75, 3.05) is 20.8 Å². The Labute approximate surface area is 201 Å². The second-order valence-corrected chi connectivity index (χ2v) is 8.79. The number of para-hydroxylation sites is 1. The van der Waals surface area contributed by atoms with Crippen molar-refractivity contribution in [3.05, 3.63) is 62.6 Å². The maximum absolute atomic E-state index is 13.2. The van der Waals surface area contributed by atoms with Gasteiger partial charge in [-0.3, -0.25) is 18.7 Å². The van der Waals surface area contributed by atoms with Gasteiger partial charge in [-0.05, 0) is 42.9 Å². The van der Waals surface area contributed by atoms with Gasteiger partial charge in [0.15, 0.2) is 0 Å². The summed E-state index contributed by atoms with van der Waals surface area (Å²) in [6, 6.07) is 11.1. The first kappa shape index (κ1) is 22.6. The average molecular weight is 482 g/mol. The fourth-order valence-corrected chi connectivity index (χ4v) is 5.11. The van der Waals surface area contributed by atoms with Crippen LogP contribution in [-0.4, -0.2) is 49.5 Å². The number of ether oxygens (including phenoxy) is 2. The lowest BCUT2D eigenvalue weighted by Gasteiger charge is -2.33. The zero-order valence-corrected chi connectivity index (χ0v) is 20.2. The topological polar surface area (TPSA) is 86.2 Å². The first-order valence-corrected chi connectivity index (χ1v) is 11.6. The van der Waals surface area contributed by atoms with Crippen LogP contribution in [0.1, 0.15) is 30.6 Å². The molecular weight excluding hydrogens is 454 g/mol. The molecule has 4 aromatic rings. The van der Waals surface area contributed by atoms with E-state index in [0.29, 0.717) is 53.7 Å². The highest BCUT2D eigenvalue weighted by Crippen LogP contribution is 2.39. The van der Waals surface area contributed by atoms with Crippen molar-refractivity contribution in [3.63, 3.8) is 0 Å². The standard InChI is InChI=1S/C24H27N5O4S/c1-4-11-27-22(31)15-7-5-6-8-17(15)29-23(27)25-28(24(29)34)14-26-12-16-19(32-2)9-10-20(33-3)21(16)18(30)13-26/h5-10,18,30H,4,11-14H2,1-3H3. The van der Waals surface area contributed by atoms with Crippen LogP contribution < -0.4 is 15.0 Å². The molecule has 9 nitrogen and oxygen atoms in total. The number of aryl methyl sites for hydroxylation is 1. The molecule has 34 heavy (non-hydrogen) atoms. The predicted molar refractivity (Wildman–Crippen MR) is 131 cm³/mol. The van der Waals surface area contributed by atoms with Gasteiger partial charge in [-0.2, -0.15) is 0 Å². The predicted octanol–water partition coefficient (Wildman–Crippen LogP) is 3.11. The molecular formula is C24H27N5O4S. The van der Waals surface area contributed by atoms with Gasteiger partial charge in [0.05, 0.1) is 37.9 Å². The number of hydrogen-bond donors (Lipinski definition) is 1. The molecule has 3 heterocycles. The second-order valence-electron chi connectivity index (χ2n) is 8.42. The first-order chi connectivity index (χ1) is 16.5. The Balaban J connectivity index is 1.60. The Morgan fingerprint density at radius 1 is 1.15 bits per heavy atom. The molecule has 10 heteroatoms. The minimum absolute atomic E-state index is 0.0729. The van der Waals surface area contributed by atoms with Gasteiger partial charge in [-0.25, -0.2) is 4.68 Å². The van der Waals surface area contributed by atoms with Crippen LogP contribution in [-0.2, 0) is 19.8 Å². The summed E-state index contributed by atoms with van der Waals surface area (Å²) in [6.07, 6.45) is 0.0451. The van der Waals surface area contributed by atoms with Gasteiger partial charge < -0.3 is 14.6 Å². The maximum atomic E-state index is 13.2. The quantitative estimate of drug-likeness (QED) is 0.424. The fourth-order valence-electron chi connectivity index (χ4n) is 4.83. The molecule has 1 N–H and O–H groups in total. The molecule has 0 saturated carbocycles. The highest BCUT2D eigenvalue weighted by Gasteiger charge is 2.30. The molecule has 0 amide bonds. The van der Waals surface area contributed by atoms with E-state index < -0.39 is 6.10 Å². The molecule has 5 rings (SSSR count). The third-order valence-corrected chi connectivity index (χ3v) is 6.72. The van der Waals surface area contributed by atoms with Crippen molar-refractivity contribution in [2.45, 2.75) is 39.2 Å². The summed E-state index contributed by atoms with van der Waals surface area (Å²) >= 11 is 5.82. The maximum Gasteiger partial charge on any atom is 0.262 e. The number of β-amino-alcohol motifs (C(OH)–C–C–N with tert-alkyl or cyclic N) is 1. The van der Waals surface area contributed by atoms with E-state index in [1.54, 1.807) is 23.5 Å². The minimum Gasteiger partial charge on any atom is -0.496 e. The summed E-state index contributed by atoms with van der Waals surface area (Å²) in [4.78, 5) is 15.2. The van der Waals surface area contributed by atoms with E-state index >= 15 is 0 Å². The van der Waals surface area contributed by atoms with E-state index in [0.717, 1.165) is 23.1 Å². The number of rotatable bonds is 6. The van der Waals surface area contributed by atoms with Gasteiger partial charge in [0.2, 0.25) is 10.5 Å².